The van der Waals surface area contributed by atoms with Gasteiger partial charge in [-0.1, -0.05) is 18.2 Å². The predicted molar refractivity (Wildman–Crippen MR) is 83.5 cm³/mol. The average molecular weight is 330 g/mol. The van der Waals surface area contributed by atoms with E-state index in [-0.39, 0.29) is 18.0 Å². The summed E-state index contributed by atoms with van der Waals surface area (Å²) in [5.41, 5.74) is 0.658. The Morgan fingerprint density at radius 2 is 1.79 bits per heavy atom. The number of carbonyl (C=O) groups is 2. The van der Waals surface area contributed by atoms with Crippen LogP contribution in [0.15, 0.2) is 52.9 Å². The molecule has 0 radical (unpaired) electrons. The van der Waals surface area contributed by atoms with Gasteiger partial charge in [0.15, 0.2) is 17.4 Å². The molecule has 0 saturated carbocycles. The maximum Gasteiger partial charge on any atom is 0.287 e. The number of furan rings is 1. The van der Waals surface area contributed by atoms with Crippen LogP contribution in [0.2, 0.25) is 0 Å². The lowest BCUT2D eigenvalue weighted by atomic mass is 10.2. The van der Waals surface area contributed by atoms with E-state index >= 15 is 0 Å². The molecule has 0 aliphatic heterocycles. The molecule has 1 heterocycles. The summed E-state index contributed by atoms with van der Waals surface area (Å²) in [4.78, 5) is 23.7. The number of amides is 2. The van der Waals surface area contributed by atoms with E-state index in [1.807, 2.05) is 6.07 Å². The Balaban J connectivity index is 1.59. The SMILES string of the molecule is O=C(CNC(=O)c1cc2ccccc2o1)Nc1ccc(F)c(F)c1. The maximum atomic E-state index is 13.1. The molecule has 0 bridgehead atoms. The number of hydrogen-bond acceptors (Lipinski definition) is 3. The first kappa shape index (κ1) is 15.7. The molecule has 0 spiro atoms. The van der Waals surface area contributed by atoms with Gasteiger partial charge >= 0.3 is 0 Å². The van der Waals surface area contributed by atoms with Crippen molar-refractivity contribution in [3.05, 3.63) is 65.9 Å². The van der Waals surface area contributed by atoms with Gasteiger partial charge in [-0.3, -0.25) is 9.59 Å². The molecule has 2 N–H and O–H groups in total. The Morgan fingerprint density at radius 3 is 2.54 bits per heavy atom. The molecule has 2 aromatic carbocycles. The van der Waals surface area contributed by atoms with E-state index in [0.29, 0.717) is 5.58 Å². The smallest absolute Gasteiger partial charge is 0.287 e. The fraction of sp³-hybridized carbons (Fsp3) is 0.0588. The van der Waals surface area contributed by atoms with Crippen molar-refractivity contribution in [2.75, 3.05) is 11.9 Å². The minimum atomic E-state index is -1.07. The van der Waals surface area contributed by atoms with E-state index in [0.717, 1.165) is 17.5 Å². The van der Waals surface area contributed by atoms with Crippen LogP contribution in [0, 0.1) is 11.6 Å². The predicted octanol–water partition coefficient (Wildman–Crippen LogP) is 3.08. The third-order valence-electron chi connectivity index (χ3n) is 3.26. The molecule has 0 aliphatic carbocycles. The van der Waals surface area contributed by atoms with Crippen LogP contribution in [0.3, 0.4) is 0 Å². The van der Waals surface area contributed by atoms with Crippen molar-refractivity contribution in [2.24, 2.45) is 0 Å². The van der Waals surface area contributed by atoms with Crippen LogP contribution in [0.25, 0.3) is 11.0 Å². The van der Waals surface area contributed by atoms with Crippen molar-refractivity contribution in [2.45, 2.75) is 0 Å². The number of carbonyl (C=O) groups excluding carboxylic acids is 2. The quantitative estimate of drug-likeness (QED) is 0.772. The van der Waals surface area contributed by atoms with E-state index in [1.165, 1.54) is 6.07 Å². The standard InChI is InChI=1S/C17H12F2N2O3/c18-12-6-5-11(8-13(12)19)21-16(22)9-20-17(23)15-7-10-3-1-2-4-14(10)24-15/h1-8H,9H2,(H,20,23)(H,21,22). The highest BCUT2D eigenvalue weighted by atomic mass is 19.2. The Labute approximate surface area is 135 Å². The molecule has 24 heavy (non-hydrogen) atoms. The monoisotopic (exact) mass is 330 g/mol. The number of nitrogens with one attached hydrogen (secondary N) is 2. The molecule has 7 heteroatoms. The first-order chi connectivity index (χ1) is 11.5. The van der Waals surface area contributed by atoms with Crippen LogP contribution in [0.1, 0.15) is 10.6 Å². The van der Waals surface area contributed by atoms with Crippen molar-refractivity contribution in [3.8, 4) is 0 Å². The van der Waals surface area contributed by atoms with E-state index in [2.05, 4.69) is 10.6 Å². The van der Waals surface area contributed by atoms with Gasteiger partial charge in [-0.05, 0) is 24.3 Å². The molecule has 5 nitrogen and oxygen atoms in total. The number of hydrogen-bond donors (Lipinski definition) is 2. The average Bonchev–Trinajstić information content (AvgIpc) is 3.00. The molecule has 0 saturated heterocycles. The molecular formula is C17H12F2N2O3. The summed E-state index contributed by atoms with van der Waals surface area (Å²) in [6.07, 6.45) is 0. The summed E-state index contributed by atoms with van der Waals surface area (Å²) in [5.74, 6) is -3.13. The summed E-state index contributed by atoms with van der Waals surface area (Å²) in [5, 5.41) is 5.52. The largest absolute Gasteiger partial charge is 0.451 e. The zero-order chi connectivity index (χ0) is 17.1. The summed E-state index contributed by atoms with van der Waals surface area (Å²) in [7, 11) is 0. The molecule has 0 aliphatic rings. The highest BCUT2D eigenvalue weighted by Gasteiger charge is 2.13. The second-order valence-electron chi connectivity index (χ2n) is 5.01. The highest BCUT2D eigenvalue weighted by Crippen LogP contribution is 2.18. The van der Waals surface area contributed by atoms with Gasteiger partial charge in [0.2, 0.25) is 5.91 Å². The summed E-state index contributed by atoms with van der Waals surface area (Å²) >= 11 is 0. The molecule has 2 amide bonds. The van der Waals surface area contributed by atoms with Crippen molar-refractivity contribution in [1.82, 2.24) is 5.32 Å². The Morgan fingerprint density at radius 1 is 1.00 bits per heavy atom. The van der Waals surface area contributed by atoms with Gasteiger partial charge in [-0.2, -0.15) is 0 Å². The van der Waals surface area contributed by atoms with E-state index in [9.17, 15) is 18.4 Å². The topological polar surface area (TPSA) is 71.3 Å². The number of halogens is 2. The minimum absolute atomic E-state index is 0.0804. The summed E-state index contributed by atoms with van der Waals surface area (Å²) in [6, 6.07) is 11.7. The highest BCUT2D eigenvalue weighted by molar-refractivity contribution is 6.00. The van der Waals surface area contributed by atoms with Gasteiger partial charge in [0.25, 0.3) is 5.91 Å². The maximum absolute atomic E-state index is 13.1. The van der Waals surface area contributed by atoms with Crippen LogP contribution in [0.5, 0.6) is 0 Å². The molecule has 1 aromatic heterocycles. The van der Waals surface area contributed by atoms with E-state index in [4.69, 9.17) is 4.42 Å². The number of rotatable bonds is 4. The third kappa shape index (κ3) is 3.40. The van der Waals surface area contributed by atoms with Gasteiger partial charge in [0.1, 0.15) is 5.58 Å². The molecule has 0 atom stereocenters. The van der Waals surface area contributed by atoms with Crippen molar-refractivity contribution < 1.29 is 22.8 Å². The zero-order valence-corrected chi connectivity index (χ0v) is 12.3. The normalized spacial score (nSPS) is 10.6. The number of para-hydroxylation sites is 1. The molecule has 122 valence electrons. The second kappa shape index (κ2) is 6.49. The zero-order valence-electron chi connectivity index (χ0n) is 12.3. The van der Waals surface area contributed by atoms with Crippen molar-refractivity contribution in [1.29, 1.82) is 0 Å². The Bertz CT molecular complexity index is 888. The summed E-state index contributed by atoms with van der Waals surface area (Å²) in [6.45, 7) is -0.338. The van der Waals surface area contributed by atoms with Gasteiger partial charge in [0, 0.05) is 17.1 Å². The molecular weight excluding hydrogens is 318 g/mol. The fourth-order valence-electron chi connectivity index (χ4n) is 2.12. The van der Waals surface area contributed by atoms with Crippen LogP contribution < -0.4 is 10.6 Å². The first-order valence-electron chi connectivity index (χ1n) is 7.04. The van der Waals surface area contributed by atoms with Gasteiger partial charge in [0.05, 0.1) is 6.54 Å². The Kier molecular flexibility index (Phi) is 4.24. The Hall–Kier alpha value is -3.22. The van der Waals surface area contributed by atoms with Crippen LogP contribution in [0.4, 0.5) is 14.5 Å². The lowest BCUT2D eigenvalue weighted by molar-refractivity contribution is -0.115. The molecule has 3 aromatic rings. The van der Waals surface area contributed by atoms with Crippen LogP contribution in [-0.2, 0) is 4.79 Å². The van der Waals surface area contributed by atoms with Crippen molar-refractivity contribution >= 4 is 28.5 Å². The minimum Gasteiger partial charge on any atom is -0.451 e. The second-order valence-corrected chi connectivity index (χ2v) is 5.01. The van der Waals surface area contributed by atoms with Crippen LogP contribution in [-0.4, -0.2) is 18.4 Å². The third-order valence-corrected chi connectivity index (χ3v) is 3.26. The van der Waals surface area contributed by atoms with Gasteiger partial charge in [-0.15, -0.1) is 0 Å². The van der Waals surface area contributed by atoms with E-state index < -0.39 is 23.4 Å². The van der Waals surface area contributed by atoms with Gasteiger partial charge < -0.3 is 15.1 Å². The molecule has 0 unspecified atom stereocenters. The summed E-state index contributed by atoms with van der Waals surface area (Å²) < 4.78 is 31.2. The molecule has 0 fully saturated rings. The number of benzene rings is 2. The van der Waals surface area contributed by atoms with E-state index in [1.54, 1.807) is 24.3 Å². The van der Waals surface area contributed by atoms with Gasteiger partial charge in [-0.25, -0.2) is 8.78 Å². The van der Waals surface area contributed by atoms with Crippen LogP contribution >= 0.6 is 0 Å². The first-order valence-corrected chi connectivity index (χ1v) is 7.04. The fourth-order valence-corrected chi connectivity index (χ4v) is 2.12. The molecule has 3 rings (SSSR count). The lowest BCUT2D eigenvalue weighted by Crippen LogP contribution is -2.32. The number of anilines is 1. The van der Waals surface area contributed by atoms with Crippen molar-refractivity contribution in [3.63, 3.8) is 0 Å². The lowest BCUT2D eigenvalue weighted by Gasteiger charge is -2.06. The number of fused-ring (bicyclic) bond motifs is 1.